The van der Waals surface area contributed by atoms with Crippen LogP contribution in [-0.4, -0.2) is 38.0 Å². The van der Waals surface area contributed by atoms with Gasteiger partial charge in [-0.1, -0.05) is 16.8 Å². The largest absolute Gasteiger partial charge is 0.332 e. The van der Waals surface area contributed by atoms with Crippen molar-refractivity contribution in [3.63, 3.8) is 0 Å². The Bertz CT molecular complexity index is 856. The monoisotopic (exact) mass is 346 g/mol. The van der Waals surface area contributed by atoms with E-state index in [4.69, 9.17) is 16.1 Å². The first-order valence-corrected chi connectivity index (χ1v) is 8.06. The minimum atomic E-state index is 0.250. The van der Waals surface area contributed by atoms with E-state index in [9.17, 15) is 0 Å². The first kappa shape index (κ1) is 16.6. The lowest BCUT2D eigenvalue weighted by Gasteiger charge is -2.06. The fraction of sp³-hybridized carbons (Fsp3) is 0.375. The van der Waals surface area contributed by atoms with E-state index in [1.165, 1.54) is 0 Å². The average molecular weight is 347 g/mol. The Kier molecular flexibility index (Phi) is 4.64. The number of hydrogen-bond acceptors (Lipinski definition) is 6. The molecule has 3 heterocycles. The summed E-state index contributed by atoms with van der Waals surface area (Å²) in [4.78, 5) is 8.95. The Labute approximate surface area is 145 Å². The van der Waals surface area contributed by atoms with Crippen LogP contribution >= 0.6 is 11.6 Å². The SMILES string of the molecule is CNC(C)Cc1noc(-c2nc(-n3nc(C)cc3C)ccc2Cl)n1. The predicted octanol–water partition coefficient (Wildman–Crippen LogP) is 2.74. The quantitative estimate of drug-likeness (QED) is 0.765. The molecule has 0 amide bonds. The van der Waals surface area contributed by atoms with Gasteiger partial charge in [-0.2, -0.15) is 10.1 Å². The number of nitrogens with one attached hydrogen (secondary N) is 1. The number of rotatable bonds is 5. The van der Waals surface area contributed by atoms with E-state index < -0.39 is 0 Å². The maximum Gasteiger partial charge on any atom is 0.278 e. The maximum absolute atomic E-state index is 6.27. The van der Waals surface area contributed by atoms with Crippen molar-refractivity contribution >= 4 is 11.6 Å². The van der Waals surface area contributed by atoms with Crippen molar-refractivity contribution in [1.29, 1.82) is 0 Å². The van der Waals surface area contributed by atoms with E-state index in [0.29, 0.717) is 34.7 Å². The fourth-order valence-electron chi connectivity index (χ4n) is 2.37. The molecule has 0 aliphatic carbocycles. The molecule has 0 fully saturated rings. The molecule has 126 valence electrons. The Balaban J connectivity index is 1.96. The third kappa shape index (κ3) is 3.32. The van der Waals surface area contributed by atoms with E-state index in [2.05, 4.69) is 25.5 Å². The summed E-state index contributed by atoms with van der Waals surface area (Å²) in [6.45, 7) is 5.96. The smallest absolute Gasteiger partial charge is 0.278 e. The minimum Gasteiger partial charge on any atom is -0.332 e. The number of aryl methyl sites for hydroxylation is 2. The lowest BCUT2D eigenvalue weighted by atomic mass is 10.2. The second-order valence-corrected chi connectivity index (χ2v) is 6.16. The summed E-state index contributed by atoms with van der Waals surface area (Å²) in [6, 6.07) is 5.81. The van der Waals surface area contributed by atoms with Crippen molar-refractivity contribution in [2.45, 2.75) is 33.2 Å². The van der Waals surface area contributed by atoms with Crippen LogP contribution in [0.1, 0.15) is 24.1 Å². The first-order chi connectivity index (χ1) is 11.5. The molecule has 24 heavy (non-hydrogen) atoms. The maximum atomic E-state index is 6.27. The molecule has 0 bridgehead atoms. The highest BCUT2D eigenvalue weighted by atomic mass is 35.5. The molecule has 0 saturated carbocycles. The molecule has 0 saturated heterocycles. The van der Waals surface area contributed by atoms with Gasteiger partial charge in [0.25, 0.3) is 5.89 Å². The minimum absolute atomic E-state index is 0.250. The van der Waals surface area contributed by atoms with Crippen molar-refractivity contribution < 1.29 is 4.52 Å². The second kappa shape index (κ2) is 6.70. The molecule has 0 radical (unpaired) electrons. The predicted molar refractivity (Wildman–Crippen MR) is 91.4 cm³/mol. The van der Waals surface area contributed by atoms with Gasteiger partial charge < -0.3 is 9.84 Å². The Morgan fingerprint density at radius 2 is 2.08 bits per heavy atom. The van der Waals surface area contributed by atoms with E-state index in [0.717, 1.165) is 11.4 Å². The molecule has 0 aliphatic heterocycles. The van der Waals surface area contributed by atoms with Crippen molar-refractivity contribution in [2.75, 3.05) is 7.05 Å². The zero-order valence-corrected chi connectivity index (χ0v) is 14.8. The van der Waals surface area contributed by atoms with Gasteiger partial charge in [0, 0.05) is 18.2 Å². The van der Waals surface area contributed by atoms with Crippen LogP contribution in [-0.2, 0) is 6.42 Å². The molecule has 1 N–H and O–H groups in total. The molecule has 0 aliphatic rings. The number of pyridine rings is 1. The van der Waals surface area contributed by atoms with Gasteiger partial charge in [0.1, 0.15) is 5.69 Å². The highest BCUT2D eigenvalue weighted by Crippen LogP contribution is 2.26. The van der Waals surface area contributed by atoms with Gasteiger partial charge in [-0.3, -0.25) is 0 Å². The molecule has 3 rings (SSSR count). The normalized spacial score (nSPS) is 12.5. The lowest BCUT2D eigenvalue weighted by Crippen LogP contribution is -2.24. The van der Waals surface area contributed by atoms with Crippen LogP contribution in [0.15, 0.2) is 22.7 Å². The summed E-state index contributed by atoms with van der Waals surface area (Å²) in [5, 5.41) is 12.0. The van der Waals surface area contributed by atoms with Crippen LogP contribution in [0.4, 0.5) is 0 Å². The Morgan fingerprint density at radius 3 is 2.75 bits per heavy atom. The molecular weight excluding hydrogens is 328 g/mol. The van der Waals surface area contributed by atoms with Crippen LogP contribution in [0.5, 0.6) is 0 Å². The summed E-state index contributed by atoms with van der Waals surface area (Å²) in [7, 11) is 1.89. The topological polar surface area (TPSA) is 81.7 Å². The van der Waals surface area contributed by atoms with Crippen molar-refractivity contribution in [1.82, 2.24) is 30.2 Å². The summed E-state index contributed by atoms with van der Waals surface area (Å²) in [5.41, 5.74) is 2.37. The van der Waals surface area contributed by atoms with Gasteiger partial charge in [-0.25, -0.2) is 9.67 Å². The van der Waals surface area contributed by atoms with Gasteiger partial charge >= 0.3 is 0 Å². The zero-order valence-electron chi connectivity index (χ0n) is 14.0. The van der Waals surface area contributed by atoms with Gasteiger partial charge in [0.05, 0.1) is 10.7 Å². The van der Waals surface area contributed by atoms with Gasteiger partial charge in [0.2, 0.25) is 0 Å². The number of hydrogen-bond donors (Lipinski definition) is 1. The zero-order chi connectivity index (χ0) is 17.3. The highest BCUT2D eigenvalue weighted by molar-refractivity contribution is 6.32. The Hall–Kier alpha value is -2.25. The van der Waals surface area contributed by atoms with Crippen molar-refractivity contribution in [2.24, 2.45) is 0 Å². The number of likely N-dealkylation sites (N-methyl/N-ethyl adjacent to an activating group) is 1. The average Bonchev–Trinajstić information content (AvgIpc) is 3.14. The van der Waals surface area contributed by atoms with E-state index >= 15 is 0 Å². The second-order valence-electron chi connectivity index (χ2n) is 5.75. The fourth-order valence-corrected chi connectivity index (χ4v) is 2.56. The summed E-state index contributed by atoms with van der Waals surface area (Å²) < 4.78 is 7.10. The standard InChI is InChI=1S/C16H19ClN6O/c1-9(18-4)8-13-19-16(24-22-13)15-12(17)5-6-14(20-15)23-11(3)7-10(2)21-23/h5-7,9,18H,8H2,1-4H3. The van der Waals surface area contributed by atoms with Crippen molar-refractivity contribution in [3.05, 3.63) is 40.4 Å². The van der Waals surface area contributed by atoms with E-state index in [1.807, 2.05) is 40.0 Å². The Morgan fingerprint density at radius 1 is 1.29 bits per heavy atom. The molecular formula is C16H19ClN6O. The summed E-state index contributed by atoms with van der Waals surface area (Å²) in [6.07, 6.45) is 0.661. The molecule has 3 aromatic heterocycles. The molecule has 1 unspecified atom stereocenters. The van der Waals surface area contributed by atoms with E-state index in [-0.39, 0.29) is 6.04 Å². The van der Waals surface area contributed by atoms with Crippen LogP contribution in [0.25, 0.3) is 17.4 Å². The van der Waals surface area contributed by atoms with Gasteiger partial charge in [0.15, 0.2) is 11.6 Å². The molecule has 0 aromatic carbocycles. The van der Waals surface area contributed by atoms with Crippen LogP contribution in [0, 0.1) is 13.8 Å². The third-order valence-corrected chi connectivity index (χ3v) is 4.02. The van der Waals surface area contributed by atoms with Crippen LogP contribution < -0.4 is 5.32 Å². The van der Waals surface area contributed by atoms with E-state index in [1.54, 1.807) is 10.7 Å². The molecule has 0 spiro atoms. The number of halogens is 1. The first-order valence-electron chi connectivity index (χ1n) is 7.68. The molecule has 3 aromatic rings. The number of nitrogens with zero attached hydrogens (tertiary/aromatic N) is 5. The summed E-state index contributed by atoms with van der Waals surface area (Å²) >= 11 is 6.27. The summed E-state index contributed by atoms with van der Waals surface area (Å²) in [5.74, 6) is 1.58. The molecule has 7 nitrogen and oxygen atoms in total. The van der Waals surface area contributed by atoms with Gasteiger partial charge in [-0.15, -0.1) is 0 Å². The highest BCUT2D eigenvalue weighted by Gasteiger charge is 2.17. The molecule has 1 atom stereocenters. The van der Waals surface area contributed by atoms with Crippen molar-refractivity contribution in [3.8, 4) is 17.4 Å². The van der Waals surface area contributed by atoms with Gasteiger partial charge in [-0.05, 0) is 46.0 Å². The number of aromatic nitrogens is 5. The molecule has 8 heteroatoms. The van der Waals surface area contributed by atoms with Crippen LogP contribution in [0.3, 0.4) is 0 Å². The third-order valence-electron chi connectivity index (χ3n) is 3.71. The lowest BCUT2D eigenvalue weighted by molar-refractivity contribution is 0.417. The van der Waals surface area contributed by atoms with Crippen LogP contribution in [0.2, 0.25) is 5.02 Å².